The lowest BCUT2D eigenvalue weighted by Gasteiger charge is -2.07. The minimum Gasteiger partial charge on any atom is -0.468 e. The monoisotopic (exact) mass is 245 g/mol. The highest BCUT2D eigenvalue weighted by atomic mass is 35.5. The van der Waals surface area contributed by atoms with Gasteiger partial charge in [-0.15, -0.1) is 11.6 Å². The molecule has 1 heterocycles. The Morgan fingerprint density at radius 1 is 1.56 bits per heavy atom. The van der Waals surface area contributed by atoms with Crippen LogP contribution in [0.1, 0.15) is 16.3 Å². The first-order valence-corrected chi connectivity index (χ1v) is 5.04. The zero-order chi connectivity index (χ0) is 12.1. The van der Waals surface area contributed by atoms with Gasteiger partial charge in [-0.05, 0) is 19.1 Å². The van der Waals surface area contributed by atoms with Crippen molar-refractivity contribution >= 4 is 23.5 Å². The second-order valence-corrected chi connectivity index (χ2v) is 3.64. The topological polar surface area (TPSA) is 68.5 Å². The highest BCUT2D eigenvalue weighted by molar-refractivity contribution is 6.30. The molecular weight excluding hydrogens is 234 g/mol. The number of rotatable bonds is 4. The number of carbonyl (C=O) groups is 2. The molecule has 1 atom stereocenters. The quantitative estimate of drug-likeness (QED) is 0.637. The number of aryl methyl sites for hydroxylation is 1. The largest absolute Gasteiger partial charge is 0.468 e. The summed E-state index contributed by atoms with van der Waals surface area (Å²) in [7, 11) is 1.23. The first kappa shape index (κ1) is 12.6. The van der Waals surface area contributed by atoms with Crippen LogP contribution in [-0.2, 0) is 9.53 Å². The summed E-state index contributed by atoms with van der Waals surface area (Å²) in [6.45, 7) is 1.72. The van der Waals surface area contributed by atoms with Crippen molar-refractivity contribution in [1.82, 2.24) is 5.32 Å². The number of methoxy groups -OCH3 is 1. The van der Waals surface area contributed by atoms with E-state index in [1.54, 1.807) is 19.1 Å². The number of hydrogen-bond acceptors (Lipinski definition) is 4. The number of amides is 1. The third-order valence-electron chi connectivity index (χ3n) is 1.86. The summed E-state index contributed by atoms with van der Waals surface area (Å²) in [5.74, 6) is -0.174. The van der Waals surface area contributed by atoms with Crippen molar-refractivity contribution in [1.29, 1.82) is 0 Å². The fourth-order valence-corrected chi connectivity index (χ4v) is 1.20. The molecule has 88 valence electrons. The molecule has 0 aliphatic rings. The van der Waals surface area contributed by atoms with Gasteiger partial charge in [-0.1, -0.05) is 0 Å². The van der Waals surface area contributed by atoms with Crippen LogP contribution in [0.25, 0.3) is 0 Å². The molecule has 1 N–H and O–H groups in total. The van der Waals surface area contributed by atoms with Gasteiger partial charge in [0.25, 0.3) is 5.91 Å². The molecule has 1 amide bonds. The summed E-state index contributed by atoms with van der Waals surface area (Å²) in [6.07, 6.45) is 0. The molecule has 0 radical (unpaired) electrons. The van der Waals surface area contributed by atoms with Gasteiger partial charge in [-0.3, -0.25) is 9.59 Å². The van der Waals surface area contributed by atoms with Gasteiger partial charge in [0.2, 0.25) is 0 Å². The maximum absolute atomic E-state index is 11.5. The van der Waals surface area contributed by atoms with E-state index >= 15 is 0 Å². The molecule has 0 aliphatic carbocycles. The van der Waals surface area contributed by atoms with Crippen LogP contribution in [0.3, 0.4) is 0 Å². The molecule has 0 aliphatic heterocycles. The van der Waals surface area contributed by atoms with Gasteiger partial charge in [-0.2, -0.15) is 0 Å². The molecule has 0 aromatic carbocycles. The van der Waals surface area contributed by atoms with E-state index in [-0.39, 0.29) is 12.3 Å². The van der Waals surface area contributed by atoms with Gasteiger partial charge in [-0.25, -0.2) is 0 Å². The zero-order valence-electron chi connectivity index (χ0n) is 8.95. The Morgan fingerprint density at radius 3 is 2.75 bits per heavy atom. The van der Waals surface area contributed by atoms with Crippen molar-refractivity contribution in [3.8, 4) is 0 Å². The Hall–Kier alpha value is -1.49. The van der Waals surface area contributed by atoms with E-state index in [2.05, 4.69) is 10.1 Å². The molecule has 1 aromatic heterocycles. The van der Waals surface area contributed by atoms with Crippen LogP contribution in [0.5, 0.6) is 0 Å². The molecule has 0 spiro atoms. The first-order chi connectivity index (χ1) is 7.54. The molecule has 5 nitrogen and oxygen atoms in total. The lowest BCUT2D eigenvalue weighted by molar-refractivity contribution is -0.140. The standard InChI is InChI=1S/C10H12ClNO4/c1-6-3-4-8(16-6)9(13)12-5-7(11)10(14)15-2/h3-4,7H,5H2,1-2H3,(H,12,13). The van der Waals surface area contributed by atoms with Gasteiger partial charge in [0.15, 0.2) is 5.76 Å². The minimum absolute atomic E-state index is 0.00713. The molecule has 6 heteroatoms. The lowest BCUT2D eigenvalue weighted by Crippen LogP contribution is -2.34. The van der Waals surface area contributed by atoms with Crippen LogP contribution in [0.15, 0.2) is 16.5 Å². The predicted molar refractivity (Wildman–Crippen MR) is 57.4 cm³/mol. The number of esters is 1. The van der Waals surface area contributed by atoms with Crippen molar-refractivity contribution in [2.75, 3.05) is 13.7 Å². The summed E-state index contributed by atoms with van der Waals surface area (Å²) < 4.78 is 9.50. The van der Waals surface area contributed by atoms with Crippen LogP contribution in [0.2, 0.25) is 0 Å². The summed E-state index contributed by atoms with van der Waals surface area (Å²) >= 11 is 5.65. The zero-order valence-corrected chi connectivity index (χ0v) is 9.71. The van der Waals surface area contributed by atoms with Crippen molar-refractivity contribution in [2.45, 2.75) is 12.3 Å². The Kier molecular flexibility index (Phi) is 4.37. The third kappa shape index (κ3) is 3.27. The fourth-order valence-electron chi connectivity index (χ4n) is 1.04. The van der Waals surface area contributed by atoms with E-state index < -0.39 is 17.3 Å². The van der Waals surface area contributed by atoms with E-state index in [4.69, 9.17) is 16.0 Å². The number of alkyl halides is 1. The van der Waals surface area contributed by atoms with Gasteiger partial charge in [0.1, 0.15) is 11.1 Å². The lowest BCUT2D eigenvalue weighted by atomic mass is 10.3. The van der Waals surface area contributed by atoms with Gasteiger partial charge in [0, 0.05) is 6.54 Å². The molecule has 0 fully saturated rings. The van der Waals surface area contributed by atoms with Crippen molar-refractivity contribution in [3.63, 3.8) is 0 Å². The fraction of sp³-hybridized carbons (Fsp3) is 0.400. The second-order valence-electron chi connectivity index (χ2n) is 3.11. The maximum Gasteiger partial charge on any atom is 0.325 e. The summed E-state index contributed by atoms with van der Waals surface area (Å²) in [6, 6.07) is 3.22. The molecule has 1 aromatic rings. The molecule has 1 unspecified atom stereocenters. The van der Waals surface area contributed by atoms with Crippen molar-refractivity contribution < 1.29 is 18.7 Å². The number of nitrogens with one attached hydrogen (secondary N) is 1. The van der Waals surface area contributed by atoms with Crippen LogP contribution < -0.4 is 5.32 Å². The molecule has 0 saturated heterocycles. The normalized spacial score (nSPS) is 11.9. The van der Waals surface area contributed by atoms with Crippen molar-refractivity contribution in [3.05, 3.63) is 23.7 Å². The Bertz CT molecular complexity index is 388. The first-order valence-electron chi connectivity index (χ1n) is 4.61. The average Bonchev–Trinajstić information content (AvgIpc) is 2.71. The van der Waals surface area contributed by atoms with Gasteiger partial charge in [0.05, 0.1) is 7.11 Å². The summed E-state index contributed by atoms with van der Waals surface area (Å²) in [5.41, 5.74) is 0. The number of ether oxygens (including phenoxy) is 1. The molecule has 0 saturated carbocycles. The van der Waals surface area contributed by atoms with E-state index in [1.807, 2.05) is 0 Å². The van der Waals surface area contributed by atoms with Crippen LogP contribution in [0.4, 0.5) is 0 Å². The van der Waals surface area contributed by atoms with E-state index in [0.717, 1.165) is 0 Å². The average molecular weight is 246 g/mol. The maximum atomic E-state index is 11.5. The van der Waals surface area contributed by atoms with Crippen LogP contribution in [-0.4, -0.2) is 30.9 Å². The van der Waals surface area contributed by atoms with E-state index in [1.165, 1.54) is 7.11 Å². The van der Waals surface area contributed by atoms with Gasteiger partial charge < -0.3 is 14.5 Å². The van der Waals surface area contributed by atoms with Crippen LogP contribution in [0, 0.1) is 6.92 Å². The van der Waals surface area contributed by atoms with Gasteiger partial charge >= 0.3 is 5.97 Å². The highest BCUT2D eigenvalue weighted by Gasteiger charge is 2.18. The number of hydrogen-bond donors (Lipinski definition) is 1. The molecule has 16 heavy (non-hydrogen) atoms. The molecule has 0 bridgehead atoms. The van der Waals surface area contributed by atoms with Crippen molar-refractivity contribution in [2.24, 2.45) is 0 Å². The molecule has 1 rings (SSSR count). The highest BCUT2D eigenvalue weighted by Crippen LogP contribution is 2.06. The molecular formula is C10H12ClNO4. The minimum atomic E-state index is -0.898. The summed E-state index contributed by atoms with van der Waals surface area (Å²) in [5, 5.41) is 1.56. The third-order valence-corrected chi connectivity index (χ3v) is 2.20. The van der Waals surface area contributed by atoms with Crippen LogP contribution >= 0.6 is 11.6 Å². The number of furan rings is 1. The second kappa shape index (κ2) is 5.55. The van der Waals surface area contributed by atoms with E-state index in [9.17, 15) is 9.59 Å². The Labute approximate surface area is 97.7 Å². The Balaban J connectivity index is 2.44. The van der Waals surface area contributed by atoms with E-state index in [0.29, 0.717) is 5.76 Å². The Morgan fingerprint density at radius 2 is 2.25 bits per heavy atom. The smallest absolute Gasteiger partial charge is 0.325 e. The SMILES string of the molecule is COC(=O)C(Cl)CNC(=O)c1ccc(C)o1. The summed E-state index contributed by atoms with van der Waals surface area (Å²) in [4.78, 5) is 22.4. The number of halogens is 1. The predicted octanol–water partition coefficient (Wildman–Crippen LogP) is 1.10. The number of carbonyl (C=O) groups excluding carboxylic acids is 2.